The molecular weight excluding hydrogens is 272 g/mol. The molecule has 0 aliphatic carbocycles. The Morgan fingerprint density at radius 2 is 2.25 bits per heavy atom. The van der Waals surface area contributed by atoms with Crippen molar-refractivity contribution in [2.75, 3.05) is 12.4 Å². The maximum atomic E-state index is 10.7. The molecule has 5 heteroatoms. The van der Waals surface area contributed by atoms with Gasteiger partial charge in [0.25, 0.3) is 0 Å². The summed E-state index contributed by atoms with van der Waals surface area (Å²) in [6.45, 7) is 1.90. The molecule has 1 unspecified atom stereocenters. The topological polar surface area (TPSA) is 64.3 Å². The summed E-state index contributed by atoms with van der Waals surface area (Å²) in [7, 11) is 1.61. The summed E-state index contributed by atoms with van der Waals surface area (Å²) in [5.74, 6) is 0.435. The van der Waals surface area contributed by atoms with Gasteiger partial charge in [-0.25, -0.2) is 0 Å². The predicted molar refractivity (Wildman–Crippen MR) is 67.6 cm³/mol. The number of methoxy groups -OCH3 is 1. The van der Waals surface area contributed by atoms with Crippen LogP contribution in [0.5, 0.6) is 5.75 Å². The highest BCUT2D eigenvalue weighted by Gasteiger charge is 2.07. The number of rotatable bonds is 5. The van der Waals surface area contributed by atoms with E-state index in [-0.39, 0.29) is 11.9 Å². The van der Waals surface area contributed by atoms with E-state index in [0.717, 1.165) is 15.9 Å². The second kappa shape index (κ2) is 5.75. The second-order valence-corrected chi connectivity index (χ2v) is 4.51. The molecule has 4 nitrogen and oxygen atoms in total. The van der Waals surface area contributed by atoms with Crippen LogP contribution in [0.3, 0.4) is 0 Å². The highest BCUT2D eigenvalue weighted by molar-refractivity contribution is 9.10. The standard InChI is InChI=1S/C11H15BrN2O2/c1-7(3-11(13)15)14-9-4-8(12)5-10(6-9)16-2/h4-7,14H,3H2,1-2H3,(H2,13,15). The molecule has 1 aromatic rings. The first-order valence-corrected chi connectivity index (χ1v) is 5.70. The average molecular weight is 287 g/mol. The van der Waals surface area contributed by atoms with Gasteiger partial charge in [-0.15, -0.1) is 0 Å². The third-order valence-electron chi connectivity index (χ3n) is 2.03. The number of nitrogens with one attached hydrogen (secondary N) is 1. The molecule has 3 N–H and O–H groups in total. The Morgan fingerprint density at radius 3 is 2.81 bits per heavy atom. The Bertz CT molecular complexity index is 382. The molecule has 0 heterocycles. The molecule has 16 heavy (non-hydrogen) atoms. The summed E-state index contributed by atoms with van der Waals surface area (Å²) >= 11 is 3.38. The minimum atomic E-state index is -0.318. The zero-order valence-corrected chi connectivity index (χ0v) is 10.9. The van der Waals surface area contributed by atoms with Crippen LogP contribution in [0.15, 0.2) is 22.7 Å². The lowest BCUT2D eigenvalue weighted by Crippen LogP contribution is -2.23. The number of hydrogen-bond acceptors (Lipinski definition) is 3. The van der Waals surface area contributed by atoms with Crippen LogP contribution in [0.4, 0.5) is 5.69 Å². The van der Waals surface area contributed by atoms with Crippen LogP contribution in [0.1, 0.15) is 13.3 Å². The number of amides is 1. The summed E-state index contributed by atoms with van der Waals surface area (Å²) in [5, 5.41) is 3.18. The van der Waals surface area contributed by atoms with Crippen LogP contribution >= 0.6 is 15.9 Å². The molecule has 0 aliphatic heterocycles. The molecule has 0 aromatic heterocycles. The van der Waals surface area contributed by atoms with Crippen molar-refractivity contribution in [2.24, 2.45) is 5.73 Å². The number of carbonyl (C=O) groups is 1. The van der Waals surface area contributed by atoms with Gasteiger partial charge in [0, 0.05) is 28.7 Å². The molecule has 1 amide bonds. The Balaban J connectivity index is 2.72. The summed E-state index contributed by atoms with van der Waals surface area (Å²) in [5.41, 5.74) is 6.01. The van der Waals surface area contributed by atoms with E-state index in [1.165, 1.54) is 0 Å². The van der Waals surface area contributed by atoms with E-state index in [4.69, 9.17) is 10.5 Å². The summed E-state index contributed by atoms with van der Waals surface area (Å²) in [4.78, 5) is 10.7. The number of hydrogen-bond donors (Lipinski definition) is 2. The Kier molecular flexibility index (Phi) is 4.61. The molecule has 0 bridgehead atoms. The summed E-state index contributed by atoms with van der Waals surface area (Å²) in [6, 6.07) is 5.64. The van der Waals surface area contributed by atoms with Gasteiger partial charge in [0.15, 0.2) is 0 Å². The van der Waals surface area contributed by atoms with Gasteiger partial charge in [-0.3, -0.25) is 4.79 Å². The maximum Gasteiger partial charge on any atom is 0.219 e. The van der Waals surface area contributed by atoms with Gasteiger partial charge < -0.3 is 15.8 Å². The lowest BCUT2D eigenvalue weighted by molar-refractivity contribution is -0.118. The van der Waals surface area contributed by atoms with Crippen molar-refractivity contribution in [1.82, 2.24) is 0 Å². The smallest absolute Gasteiger partial charge is 0.219 e. The third kappa shape index (κ3) is 4.10. The van der Waals surface area contributed by atoms with Gasteiger partial charge in [-0.2, -0.15) is 0 Å². The minimum absolute atomic E-state index is 0.00324. The van der Waals surface area contributed by atoms with Gasteiger partial charge in [-0.1, -0.05) is 15.9 Å². The van der Waals surface area contributed by atoms with Gasteiger partial charge in [0.05, 0.1) is 7.11 Å². The fourth-order valence-corrected chi connectivity index (χ4v) is 1.87. The van der Waals surface area contributed by atoms with E-state index >= 15 is 0 Å². The average Bonchev–Trinajstić information content (AvgIpc) is 2.14. The van der Waals surface area contributed by atoms with Crippen LogP contribution in [-0.2, 0) is 4.79 Å². The van der Waals surface area contributed by atoms with Crippen molar-refractivity contribution < 1.29 is 9.53 Å². The normalized spacial score (nSPS) is 11.9. The molecule has 1 aromatic carbocycles. The van der Waals surface area contributed by atoms with Gasteiger partial charge in [0.1, 0.15) is 5.75 Å². The van der Waals surface area contributed by atoms with Crippen LogP contribution in [0, 0.1) is 0 Å². The van der Waals surface area contributed by atoms with Crippen molar-refractivity contribution in [3.8, 4) is 5.75 Å². The lowest BCUT2D eigenvalue weighted by Gasteiger charge is -2.14. The van der Waals surface area contributed by atoms with E-state index in [0.29, 0.717) is 6.42 Å². The lowest BCUT2D eigenvalue weighted by atomic mass is 10.2. The SMILES string of the molecule is COc1cc(Br)cc(NC(C)CC(N)=O)c1. The fraction of sp³-hybridized carbons (Fsp3) is 0.364. The van der Waals surface area contributed by atoms with Crippen molar-refractivity contribution in [1.29, 1.82) is 0 Å². The Hall–Kier alpha value is -1.23. The van der Waals surface area contributed by atoms with Crippen LogP contribution < -0.4 is 15.8 Å². The van der Waals surface area contributed by atoms with E-state index in [2.05, 4.69) is 21.2 Å². The van der Waals surface area contributed by atoms with Crippen LogP contribution in [-0.4, -0.2) is 19.1 Å². The van der Waals surface area contributed by atoms with E-state index in [9.17, 15) is 4.79 Å². The molecule has 0 saturated heterocycles. The van der Waals surface area contributed by atoms with Gasteiger partial charge in [-0.05, 0) is 19.1 Å². The highest BCUT2D eigenvalue weighted by Crippen LogP contribution is 2.25. The minimum Gasteiger partial charge on any atom is -0.497 e. The molecule has 88 valence electrons. The highest BCUT2D eigenvalue weighted by atomic mass is 79.9. The van der Waals surface area contributed by atoms with Crippen molar-refractivity contribution in [3.05, 3.63) is 22.7 Å². The molecular formula is C11H15BrN2O2. The molecule has 0 radical (unpaired) electrons. The first-order valence-electron chi connectivity index (χ1n) is 4.90. The number of halogens is 1. The molecule has 0 saturated carbocycles. The van der Waals surface area contributed by atoms with E-state index in [1.807, 2.05) is 25.1 Å². The largest absolute Gasteiger partial charge is 0.497 e. The maximum absolute atomic E-state index is 10.7. The fourth-order valence-electron chi connectivity index (χ4n) is 1.40. The Morgan fingerprint density at radius 1 is 1.56 bits per heavy atom. The third-order valence-corrected chi connectivity index (χ3v) is 2.49. The molecule has 0 spiro atoms. The van der Waals surface area contributed by atoms with Crippen molar-refractivity contribution in [3.63, 3.8) is 0 Å². The van der Waals surface area contributed by atoms with Crippen LogP contribution in [0.2, 0.25) is 0 Å². The first-order chi connectivity index (χ1) is 7.51. The monoisotopic (exact) mass is 286 g/mol. The first kappa shape index (κ1) is 12.8. The molecule has 1 atom stereocenters. The van der Waals surface area contributed by atoms with Gasteiger partial charge in [0.2, 0.25) is 5.91 Å². The van der Waals surface area contributed by atoms with Crippen LogP contribution in [0.25, 0.3) is 0 Å². The molecule has 0 aliphatic rings. The second-order valence-electron chi connectivity index (χ2n) is 3.60. The number of nitrogens with two attached hydrogens (primary N) is 1. The molecule has 0 fully saturated rings. The zero-order chi connectivity index (χ0) is 12.1. The zero-order valence-electron chi connectivity index (χ0n) is 9.29. The van der Waals surface area contributed by atoms with Gasteiger partial charge >= 0.3 is 0 Å². The molecule has 1 rings (SSSR count). The number of carbonyl (C=O) groups excluding carboxylic acids is 1. The van der Waals surface area contributed by atoms with E-state index in [1.54, 1.807) is 7.11 Å². The van der Waals surface area contributed by atoms with Crippen molar-refractivity contribution >= 4 is 27.5 Å². The number of benzene rings is 1. The van der Waals surface area contributed by atoms with Crippen molar-refractivity contribution in [2.45, 2.75) is 19.4 Å². The number of primary amides is 1. The predicted octanol–water partition coefficient (Wildman–Crippen LogP) is 2.13. The Labute approximate surface area is 103 Å². The number of anilines is 1. The quantitative estimate of drug-likeness (QED) is 0.872. The summed E-state index contributed by atoms with van der Waals surface area (Å²) in [6.07, 6.45) is 0.300. The van der Waals surface area contributed by atoms with E-state index < -0.39 is 0 Å². The summed E-state index contributed by atoms with van der Waals surface area (Å²) < 4.78 is 6.05. The number of ether oxygens (including phenoxy) is 1.